The Balaban J connectivity index is 1.59. The molecule has 4 fully saturated rings. The van der Waals surface area contributed by atoms with Gasteiger partial charge in [-0.25, -0.2) is 4.79 Å². The number of carbonyl (C=O) groups is 4. The molecule has 4 aliphatic rings. The molecule has 0 unspecified atom stereocenters. The zero-order valence-corrected chi connectivity index (χ0v) is 20.6. The highest BCUT2D eigenvalue weighted by molar-refractivity contribution is 5.85. The molecule has 7 nitrogen and oxygen atoms in total. The molecule has 0 spiro atoms. The Bertz CT molecular complexity index is 836. The summed E-state index contributed by atoms with van der Waals surface area (Å²) < 4.78 is 16.0. The highest BCUT2D eigenvalue weighted by atomic mass is 16.6. The molecule has 4 saturated carbocycles. The lowest BCUT2D eigenvalue weighted by Crippen LogP contribution is -2.58. The number of ketones is 1. The first kappa shape index (κ1) is 24.2. The lowest BCUT2D eigenvalue weighted by atomic mass is 9.44. The topological polar surface area (TPSA) is 96.0 Å². The van der Waals surface area contributed by atoms with Gasteiger partial charge in [-0.05, 0) is 73.5 Å². The number of rotatable bonds is 4. The van der Waals surface area contributed by atoms with Crippen molar-refractivity contribution in [3.05, 3.63) is 0 Å². The number of methoxy groups -OCH3 is 1. The van der Waals surface area contributed by atoms with E-state index in [0.29, 0.717) is 18.3 Å². The number of hydrogen-bond donors (Lipinski definition) is 0. The molecule has 184 valence electrons. The fourth-order valence-corrected chi connectivity index (χ4v) is 8.50. The van der Waals surface area contributed by atoms with Gasteiger partial charge in [-0.3, -0.25) is 14.4 Å². The van der Waals surface area contributed by atoms with Crippen molar-refractivity contribution >= 4 is 23.7 Å². The highest BCUT2D eigenvalue weighted by Crippen LogP contribution is 2.67. The van der Waals surface area contributed by atoms with Crippen molar-refractivity contribution in [1.82, 2.24) is 0 Å². The predicted molar refractivity (Wildman–Crippen MR) is 119 cm³/mol. The van der Waals surface area contributed by atoms with Gasteiger partial charge in [0.1, 0.15) is 11.9 Å². The Morgan fingerprint density at radius 3 is 2.33 bits per heavy atom. The Hall–Kier alpha value is -1.92. The van der Waals surface area contributed by atoms with Gasteiger partial charge in [0, 0.05) is 32.1 Å². The molecular formula is C26H38O7. The van der Waals surface area contributed by atoms with Crippen LogP contribution >= 0.6 is 0 Å². The first-order valence-electron chi connectivity index (χ1n) is 12.5. The first-order valence-corrected chi connectivity index (χ1v) is 12.5. The minimum Gasteiger partial charge on any atom is -0.466 e. The monoisotopic (exact) mass is 462 g/mol. The molecule has 9 atom stereocenters. The summed E-state index contributed by atoms with van der Waals surface area (Å²) in [5.41, 5.74) is -0.460. The summed E-state index contributed by atoms with van der Waals surface area (Å²) in [6, 6.07) is 0. The summed E-state index contributed by atoms with van der Waals surface area (Å²) in [5.74, 6) is -0.208. The average Bonchev–Trinajstić information content (AvgIpc) is 3.07. The van der Waals surface area contributed by atoms with E-state index in [-0.39, 0.29) is 46.4 Å². The van der Waals surface area contributed by atoms with Crippen LogP contribution in [0.4, 0.5) is 0 Å². The number of ether oxygens (including phenoxy) is 3. The normalized spacial score (nSPS) is 42.9. The molecule has 7 heteroatoms. The smallest absolute Gasteiger partial charge is 0.347 e. The number of fused-ring (bicyclic) bond motifs is 5. The summed E-state index contributed by atoms with van der Waals surface area (Å²) >= 11 is 0. The van der Waals surface area contributed by atoms with E-state index in [4.69, 9.17) is 14.2 Å². The van der Waals surface area contributed by atoms with Crippen LogP contribution < -0.4 is 0 Å². The van der Waals surface area contributed by atoms with Crippen LogP contribution in [0.25, 0.3) is 0 Å². The van der Waals surface area contributed by atoms with Crippen molar-refractivity contribution < 1.29 is 33.4 Å². The lowest BCUT2D eigenvalue weighted by Gasteiger charge is -2.60. The molecule has 0 heterocycles. The van der Waals surface area contributed by atoms with Gasteiger partial charge >= 0.3 is 17.9 Å². The van der Waals surface area contributed by atoms with E-state index in [9.17, 15) is 19.2 Å². The summed E-state index contributed by atoms with van der Waals surface area (Å²) in [7, 11) is 1.31. The molecule has 0 saturated heterocycles. The van der Waals surface area contributed by atoms with E-state index >= 15 is 0 Å². The van der Waals surface area contributed by atoms with Crippen molar-refractivity contribution in [3.63, 3.8) is 0 Å². The number of Topliss-reactive ketones (excluding diaryl/α,β-unsaturated/α-hetero) is 1. The second-order valence-corrected chi connectivity index (χ2v) is 11.4. The van der Waals surface area contributed by atoms with Crippen molar-refractivity contribution in [2.45, 2.75) is 91.3 Å². The van der Waals surface area contributed by atoms with Crippen LogP contribution in [0.2, 0.25) is 0 Å². The van der Waals surface area contributed by atoms with Gasteiger partial charge in [-0.15, -0.1) is 0 Å². The molecule has 0 aromatic heterocycles. The van der Waals surface area contributed by atoms with Gasteiger partial charge in [0.25, 0.3) is 0 Å². The van der Waals surface area contributed by atoms with Crippen LogP contribution in [0, 0.1) is 40.4 Å². The zero-order valence-electron chi connectivity index (χ0n) is 20.6. The fourth-order valence-electron chi connectivity index (χ4n) is 8.50. The van der Waals surface area contributed by atoms with Gasteiger partial charge in [-0.1, -0.05) is 13.8 Å². The number of hydrogen-bond acceptors (Lipinski definition) is 7. The molecular weight excluding hydrogens is 424 g/mol. The first-order chi connectivity index (χ1) is 15.5. The van der Waals surface area contributed by atoms with Gasteiger partial charge in [0.2, 0.25) is 6.10 Å². The predicted octanol–water partition coefficient (Wildman–Crippen LogP) is 3.86. The van der Waals surface area contributed by atoms with Gasteiger partial charge in [0.15, 0.2) is 0 Å². The molecule has 0 aromatic rings. The largest absolute Gasteiger partial charge is 0.466 e. The van der Waals surface area contributed by atoms with Crippen LogP contribution in [-0.4, -0.2) is 43.0 Å². The Labute approximate surface area is 196 Å². The summed E-state index contributed by atoms with van der Waals surface area (Å²) in [6.07, 6.45) is 5.65. The zero-order chi connectivity index (χ0) is 24.1. The minimum absolute atomic E-state index is 0.0108. The van der Waals surface area contributed by atoms with E-state index in [1.165, 1.54) is 21.0 Å². The van der Waals surface area contributed by atoms with Crippen molar-refractivity contribution in [2.24, 2.45) is 40.4 Å². The van der Waals surface area contributed by atoms with Crippen LogP contribution in [0.1, 0.15) is 79.1 Å². The quantitative estimate of drug-likeness (QED) is 0.462. The molecule has 0 radical (unpaired) electrons. The number of esters is 3. The summed E-state index contributed by atoms with van der Waals surface area (Å²) in [4.78, 5) is 49.6. The fraction of sp³-hybridized carbons (Fsp3) is 0.846. The molecule has 0 aliphatic heterocycles. The third kappa shape index (κ3) is 3.99. The van der Waals surface area contributed by atoms with Crippen LogP contribution in [0.15, 0.2) is 0 Å². The highest BCUT2D eigenvalue weighted by Gasteiger charge is 2.65. The molecule has 0 aromatic carbocycles. The molecule has 0 amide bonds. The standard InChI is InChI=1S/C26H38O7/c1-14(27)32-17-10-11-25(3)16(12-17)6-7-18-19-8-9-20(23(24(30)31-5)33-15(2)28)26(19,4)13-21(29)22(18)25/h16-20,22-23H,6-13H2,1-5H3/t16-,17-,18+,19-,20+,22+,23-,25+,26-/m1/s1. The maximum Gasteiger partial charge on any atom is 0.347 e. The van der Waals surface area contributed by atoms with E-state index < -0.39 is 18.0 Å². The minimum atomic E-state index is -0.960. The Kier molecular flexibility index (Phi) is 6.38. The maximum absolute atomic E-state index is 13.8. The van der Waals surface area contributed by atoms with E-state index in [1.807, 2.05) is 0 Å². The van der Waals surface area contributed by atoms with Crippen molar-refractivity contribution in [1.29, 1.82) is 0 Å². The Morgan fingerprint density at radius 1 is 0.970 bits per heavy atom. The van der Waals surface area contributed by atoms with Crippen molar-refractivity contribution in [3.8, 4) is 0 Å². The van der Waals surface area contributed by atoms with E-state index in [1.54, 1.807) is 0 Å². The average molecular weight is 463 g/mol. The lowest BCUT2D eigenvalue weighted by molar-refractivity contribution is -0.180. The Morgan fingerprint density at radius 2 is 1.70 bits per heavy atom. The summed E-state index contributed by atoms with van der Waals surface area (Å²) in [6.45, 7) is 7.17. The van der Waals surface area contributed by atoms with Crippen LogP contribution in [0.5, 0.6) is 0 Å². The van der Waals surface area contributed by atoms with E-state index in [0.717, 1.165) is 44.9 Å². The van der Waals surface area contributed by atoms with Gasteiger partial charge in [-0.2, -0.15) is 0 Å². The molecule has 4 rings (SSSR count). The van der Waals surface area contributed by atoms with Crippen LogP contribution in [-0.2, 0) is 33.4 Å². The molecule has 33 heavy (non-hydrogen) atoms. The van der Waals surface area contributed by atoms with Crippen molar-refractivity contribution in [2.75, 3.05) is 7.11 Å². The summed E-state index contributed by atoms with van der Waals surface area (Å²) in [5, 5.41) is 0. The third-order valence-corrected chi connectivity index (χ3v) is 9.80. The SMILES string of the molecule is COC(=O)[C@H](OC(C)=O)[C@@H]1CC[C@@H]2[C@@H]3CC[C@@H]4C[C@H](OC(C)=O)CC[C@]4(C)[C@@H]3C(=O)C[C@]21C. The second kappa shape index (κ2) is 8.70. The molecule has 0 bridgehead atoms. The van der Waals surface area contributed by atoms with Gasteiger partial charge in [0.05, 0.1) is 7.11 Å². The van der Waals surface area contributed by atoms with E-state index in [2.05, 4.69) is 13.8 Å². The number of carbonyl (C=O) groups excluding carboxylic acids is 4. The molecule has 4 aliphatic carbocycles. The third-order valence-electron chi connectivity index (χ3n) is 9.80. The maximum atomic E-state index is 13.8. The second-order valence-electron chi connectivity index (χ2n) is 11.4. The van der Waals surface area contributed by atoms with Crippen LogP contribution in [0.3, 0.4) is 0 Å². The van der Waals surface area contributed by atoms with Gasteiger partial charge < -0.3 is 14.2 Å². The molecule has 0 N–H and O–H groups in total.